The van der Waals surface area contributed by atoms with Crippen molar-refractivity contribution in [1.29, 1.82) is 5.16 Å². The minimum atomic E-state index is -2.70. The van der Waals surface area contributed by atoms with Gasteiger partial charge in [0.2, 0.25) is 7.51 Å². The molecule has 0 radical (unpaired) electrons. The number of rotatable bonds is 5. The predicted molar refractivity (Wildman–Crippen MR) is 73.9 cm³/mol. The van der Waals surface area contributed by atoms with Gasteiger partial charge in [0.25, 0.3) is 0 Å². The molecule has 0 aromatic rings. The zero-order valence-electron chi connectivity index (χ0n) is 11.8. The number of carbonyl (C=O) groups excluding carboxylic acids is 1. The Kier molecular flexibility index (Phi) is 5.77. The number of ketones is 1. The van der Waals surface area contributed by atoms with E-state index in [4.69, 9.17) is 14.2 Å². The average Bonchev–Trinajstić information content (AvgIpc) is 2.38. The quantitative estimate of drug-likeness (QED) is 0.608. The monoisotopic (exact) mass is 273 g/mol. The highest BCUT2D eigenvalue weighted by atomic mass is 31.2. The molecular formula is C13H24NO3P. The lowest BCUT2D eigenvalue weighted by Crippen LogP contribution is -2.22. The summed E-state index contributed by atoms with van der Waals surface area (Å²) in [7, 11) is 0.189. The van der Waals surface area contributed by atoms with E-state index < -0.39 is 7.51 Å². The van der Waals surface area contributed by atoms with Crippen molar-refractivity contribution >= 4 is 13.3 Å². The van der Waals surface area contributed by atoms with Crippen LogP contribution in [-0.2, 0) is 13.8 Å². The van der Waals surface area contributed by atoms with Crippen molar-refractivity contribution in [2.45, 2.75) is 39.5 Å². The number of nitrogens with one attached hydrogen (secondary N) is 1. The summed E-state index contributed by atoms with van der Waals surface area (Å²) in [5.41, 5.74) is 2.88. The number of carbonyl (C=O) groups is 1. The molecular weight excluding hydrogens is 249 g/mol. The van der Waals surface area contributed by atoms with Gasteiger partial charge in [-0.2, -0.15) is 0 Å². The normalized spacial score (nSPS) is 20.9. The minimum absolute atomic E-state index is 0.0862. The Hall–Kier alpha value is -0.440. The number of allylic oxidation sites excluding steroid dienone is 2. The maximum atomic E-state index is 12.1. The Morgan fingerprint density at radius 1 is 1.28 bits per heavy atom. The third-order valence-electron chi connectivity index (χ3n) is 3.71. The highest BCUT2D eigenvalue weighted by molar-refractivity contribution is 7.56. The van der Waals surface area contributed by atoms with Crippen LogP contribution in [0.15, 0.2) is 11.1 Å². The second-order valence-electron chi connectivity index (χ2n) is 5.04. The molecule has 0 heterocycles. The van der Waals surface area contributed by atoms with Gasteiger partial charge in [0.05, 0.1) is 6.16 Å². The summed E-state index contributed by atoms with van der Waals surface area (Å²) < 4.78 is 10.1. The van der Waals surface area contributed by atoms with Gasteiger partial charge in [-0.15, -0.1) is 0 Å². The summed E-state index contributed by atoms with van der Waals surface area (Å²) in [4.78, 5) is 12.1. The van der Waals surface area contributed by atoms with Gasteiger partial charge in [-0.05, 0) is 39.5 Å². The molecule has 0 amide bonds. The van der Waals surface area contributed by atoms with E-state index in [-0.39, 0.29) is 17.9 Å². The Morgan fingerprint density at radius 3 is 2.17 bits per heavy atom. The number of hydrogen-bond donors (Lipinski definition) is 1. The molecule has 1 aliphatic carbocycles. The highest BCUT2D eigenvalue weighted by Gasteiger charge is 2.28. The third-order valence-corrected chi connectivity index (χ3v) is 5.61. The largest absolute Gasteiger partial charge is 0.327 e. The van der Waals surface area contributed by atoms with E-state index >= 15 is 0 Å². The van der Waals surface area contributed by atoms with E-state index in [2.05, 4.69) is 13.8 Å². The van der Waals surface area contributed by atoms with Crippen LogP contribution in [0.5, 0.6) is 0 Å². The van der Waals surface area contributed by atoms with E-state index in [1.54, 1.807) is 0 Å². The molecule has 4 nitrogen and oxygen atoms in total. The van der Waals surface area contributed by atoms with Crippen molar-refractivity contribution < 1.29 is 13.8 Å². The molecule has 0 atom stereocenters. The Bertz CT molecular complexity index is 368. The first-order chi connectivity index (χ1) is 8.41. The molecule has 0 aromatic carbocycles. The van der Waals surface area contributed by atoms with Gasteiger partial charge in [0.15, 0.2) is 0 Å². The topological polar surface area (TPSA) is 59.4 Å². The molecule has 1 aliphatic rings. The molecule has 0 unspecified atom stereocenters. The first kappa shape index (κ1) is 15.6. The molecule has 1 N–H and O–H groups in total. The Labute approximate surface area is 110 Å². The van der Waals surface area contributed by atoms with Crippen molar-refractivity contribution in [3.63, 3.8) is 0 Å². The first-order valence-corrected chi connectivity index (χ1v) is 8.15. The van der Waals surface area contributed by atoms with Crippen molar-refractivity contribution in [2.75, 3.05) is 20.4 Å². The van der Waals surface area contributed by atoms with Gasteiger partial charge < -0.3 is 9.05 Å². The van der Waals surface area contributed by atoms with E-state index in [9.17, 15) is 4.79 Å². The second kappa shape index (κ2) is 6.65. The molecule has 5 heteroatoms. The fourth-order valence-electron chi connectivity index (χ4n) is 2.33. The van der Waals surface area contributed by atoms with E-state index in [1.807, 2.05) is 0 Å². The molecule has 1 rings (SSSR count). The molecule has 0 spiro atoms. The summed E-state index contributed by atoms with van der Waals surface area (Å²) in [5, 5.41) is 7.91. The first-order valence-electron chi connectivity index (χ1n) is 6.34. The smallest absolute Gasteiger partial charge is 0.216 e. The minimum Gasteiger partial charge on any atom is -0.327 e. The van der Waals surface area contributed by atoms with Crippen LogP contribution >= 0.6 is 7.51 Å². The van der Waals surface area contributed by atoms with Crippen molar-refractivity contribution in [1.82, 2.24) is 0 Å². The van der Waals surface area contributed by atoms with Crippen LogP contribution in [0, 0.1) is 11.1 Å². The lowest BCUT2D eigenvalue weighted by Gasteiger charge is -2.26. The zero-order valence-corrected chi connectivity index (χ0v) is 12.7. The maximum Gasteiger partial charge on any atom is 0.216 e. The lowest BCUT2D eigenvalue weighted by atomic mass is 9.82. The van der Waals surface area contributed by atoms with E-state index in [0.29, 0.717) is 0 Å². The van der Waals surface area contributed by atoms with E-state index in [1.165, 1.54) is 25.4 Å². The standard InChI is InChI=1S/C13H24NO3P/c1-10(2)11-5-7-12(8-6-11)13(15)9-18(14,16-3)17-4/h12,14H,5-9H2,1-4H3. The summed E-state index contributed by atoms with van der Waals surface area (Å²) in [6.07, 6.45) is 3.97. The van der Waals surface area contributed by atoms with E-state index in [0.717, 1.165) is 25.7 Å². The summed E-state index contributed by atoms with van der Waals surface area (Å²) in [6.45, 7) is 4.27. The van der Waals surface area contributed by atoms with Crippen LogP contribution in [0.1, 0.15) is 39.5 Å². The predicted octanol–water partition coefficient (Wildman–Crippen LogP) is 3.98. The average molecular weight is 273 g/mol. The van der Waals surface area contributed by atoms with Crippen LogP contribution in [0.25, 0.3) is 0 Å². The molecule has 18 heavy (non-hydrogen) atoms. The van der Waals surface area contributed by atoms with Crippen molar-refractivity contribution in [3.8, 4) is 0 Å². The van der Waals surface area contributed by atoms with Gasteiger partial charge in [-0.25, -0.2) is 0 Å². The van der Waals surface area contributed by atoms with Gasteiger partial charge >= 0.3 is 0 Å². The van der Waals surface area contributed by atoms with Gasteiger partial charge in [0.1, 0.15) is 5.78 Å². The molecule has 0 bridgehead atoms. The molecule has 1 saturated carbocycles. The van der Waals surface area contributed by atoms with Gasteiger partial charge in [-0.1, -0.05) is 11.1 Å². The highest BCUT2D eigenvalue weighted by Crippen LogP contribution is 2.48. The van der Waals surface area contributed by atoms with Crippen molar-refractivity contribution in [3.05, 3.63) is 11.1 Å². The molecule has 0 aromatic heterocycles. The summed E-state index contributed by atoms with van der Waals surface area (Å²) >= 11 is 0. The number of Topliss-reactive ketones (excluding diaryl/α,β-unsaturated/α-hetero) is 1. The van der Waals surface area contributed by atoms with Crippen LogP contribution in [0.4, 0.5) is 0 Å². The molecule has 1 fully saturated rings. The van der Waals surface area contributed by atoms with Gasteiger partial charge in [0, 0.05) is 20.1 Å². The molecule has 0 aliphatic heterocycles. The maximum absolute atomic E-state index is 12.1. The fraction of sp³-hybridized carbons (Fsp3) is 0.769. The zero-order chi connectivity index (χ0) is 13.8. The third kappa shape index (κ3) is 4.04. The van der Waals surface area contributed by atoms with Crippen LogP contribution < -0.4 is 0 Å². The number of hydrogen-bond acceptors (Lipinski definition) is 4. The SMILES string of the molecule is COP(=N)(CC(=O)C1CCC(=C(C)C)CC1)OC. The lowest BCUT2D eigenvalue weighted by molar-refractivity contribution is -0.121. The van der Waals surface area contributed by atoms with Gasteiger partial charge in [-0.3, -0.25) is 9.96 Å². The molecule has 0 saturated heterocycles. The Morgan fingerprint density at radius 2 is 1.78 bits per heavy atom. The summed E-state index contributed by atoms with van der Waals surface area (Å²) in [6, 6.07) is 0. The van der Waals surface area contributed by atoms with Crippen LogP contribution in [0.3, 0.4) is 0 Å². The second-order valence-corrected chi connectivity index (χ2v) is 7.43. The fourth-order valence-corrected chi connectivity index (χ4v) is 3.40. The van der Waals surface area contributed by atoms with Crippen LogP contribution in [-0.4, -0.2) is 26.2 Å². The molecule has 104 valence electrons. The van der Waals surface area contributed by atoms with Crippen LogP contribution in [0.2, 0.25) is 0 Å². The van der Waals surface area contributed by atoms with Crippen molar-refractivity contribution in [2.24, 2.45) is 5.92 Å². The Balaban J connectivity index is 2.56. The summed E-state index contributed by atoms with van der Waals surface area (Å²) in [5.74, 6) is 0.220.